The van der Waals surface area contributed by atoms with E-state index in [2.05, 4.69) is 27.7 Å². The molecule has 0 radical (unpaired) electrons. The number of hydrogen-bond donors (Lipinski definition) is 2. The highest BCUT2D eigenvalue weighted by Gasteiger charge is 2.36. The Morgan fingerprint density at radius 3 is 2.41 bits per heavy atom. The summed E-state index contributed by atoms with van der Waals surface area (Å²) in [4.78, 5) is 36.3. The third-order valence-corrected chi connectivity index (χ3v) is 12.1. The van der Waals surface area contributed by atoms with Gasteiger partial charge in [0.05, 0.1) is 36.6 Å². The van der Waals surface area contributed by atoms with E-state index in [0.717, 1.165) is 55.8 Å². The van der Waals surface area contributed by atoms with E-state index >= 15 is 9.59 Å². The Morgan fingerprint density at radius 2 is 1.64 bits per heavy atom. The first-order valence-electron chi connectivity index (χ1n) is 19.9. The second kappa shape index (κ2) is 15.8. The van der Waals surface area contributed by atoms with Crippen LogP contribution < -0.4 is 19.6 Å². The molecule has 0 aliphatic carbocycles. The van der Waals surface area contributed by atoms with Crippen LogP contribution in [0.5, 0.6) is 17.2 Å². The van der Waals surface area contributed by atoms with E-state index in [1.165, 1.54) is 23.8 Å². The summed E-state index contributed by atoms with van der Waals surface area (Å²) in [5.41, 5.74) is 7.47. The van der Waals surface area contributed by atoms with Crippen molar-refractivity contribution in [2.24, 2.45) is 0 Å². The van der Waals surface area contributed by atoms with Crippen LogP contribution in [0, 0.1) is 12.1 Å². The number of ether oxygens (including phenoxy) is 3. The predicted octanol–water partition coefficient (Wildman–Crippen LogP) is 6.67. The predicted molar refractivity (Wildman–Crippen MR) is 217 cm³/mol. The van der Waals surface area contributed by atoms with Crippen LogP contribution in [0.3, 0.4) is 0 Å². The van der Waals surface area contributed by atoms with Gasteiger partial charge in [0.25, 0.3) is 11.8 Å². The van der Waals surface area contributed by atoms with E-state index < -0.39 is 0 Å². The highest BCUT2D eigenvalue weighted by Crippen LogP contribution is 2.43. The second-order valence-electron chi connectivity index (χ2n) is 15.5. The van der Waals surface area contributed by atoms with Gasteiger partial charge in [0.1, 0.15) is 5.75 Å². The number of hydrogen-bond acceptors (Lipinski definition) is 10. The van der Waals surface area contributed by atoms with Gasteiger partial charge in [-0.2, -0.15) is 0 Å². The highest BCUT2D eigenvalue weighted by atomic mass is 16.8. The van der Waals surface area contributed by atoms with Crippen LogP contribution in [0.4, 0.5) is 11.4 Å². The summed E-state index contributed by atoms with van der Waals surface area (Å²) in [6.07, 6.45) is 3.19. The Bertz CT molecular complexity index is 2350. The molecule has 0 saturated carbocycles. The SMILES string of the molecule is Cc1c(CN(C(=O)c2cc(-c3cc4c(cc3C(=O)N3Cc5ccccc5C[C@H]3CN3CCOCC3)OCO4)n3c2CCCC3)c2ccc(O)cc2)cccc1N([O-])O. The molecule has 1 fully saturated rings. The molecule has 58 heavy (non-hydrogen) atoms. The topological polar surface area (TPSA) is 143 Å². The summed E-state index contributed by atoms with van der Waals surface area (Å²) < 4.78 is 19.6. The lowest BCUT2D eigenvalue weighted by atomic mass is 9.92. The van der Waals surface area contributed by atoms with Crippen molar-refractivity contribution in [3.63, 3.8) is 0 Å². The van der Waals surface area contributed by atoms with Crippen molar-refractivity contribution in [2.75, 3.05) is 49.8 Å². The van der Waals surface area contributed by atoms with E-state index in [9.17, 15) is 15.5 Å². The molecule has 1 atom stereocenters. The van der Waals surface area contributed by atoms with Crippen LogP contribution >= 0.6 is 0 Å². The van der Waals surface area contributed by atoms with Gasteiger partial charge in [-0.25, -0.2) is 0 Å². The standard InChI is InChI=1S/C45H46N5O8/c1-29-31(9-6-11-39(29)50(54)55)25-48(33-12-14-35(51)15-13-33)45(53)38-22-41(47-16-5-4-10-40(38)47)36-23-42-43(58-28-57-42)24-37(36)44(52)49-26-32-8-3-2-7-30(32)21-34(49)27-46-17-19-56-20-18-46/h2-3,6-9,11-15,22-24,34,51,54H,4-5,10,16-21,25-28H2,1H3/q-1/t34-/m0/s1. The van der Waals surface area contributed by atoms with Gasteiger partial charge in [-0.15, -0.1) is 0 Å². The third kappa shape index (κ3) is 7.15. The van der Waals surface area contributed by atoms with Crippen LogP contribution in [0.15, 0.2) is 84.9 Å². The molecule has 0 bridgehead atoms. The monoisotopic (exact) mass is 784 g/mol. The van der Waals surface area contributed by atoms with Crippen molar-refractivity contribution in [1.82, 2.24) is 14.4 Å². The Kier molecular flexibility index (Phi) is 10.3. The van der Waals surface area contributed by atoms with Crippen molar-refractivity contribution in [1.29, 1.82) is 0 Å². The molecule has 13 heteroatoms. The van der Waals surface area contributed by atoms with Crippen molar-refractivity contribution in [3.8, 4) is 28.5 Å². The van der Waals surface area contributed by atoms with Gasteiger partial charge in [0.15, 0.2) is 11.5 Å². The molecular formula is C45H46N5O8-. The Labute approximate surface area is 336 Å². The quantitative estimate of drug-likeness (QED) is 0.156. The fourth-order valence-electron chi connectivity index (χ4n) is 8.92. The molecular weight excluding hydrogens is 739 g/mol. The van der Waals surface area contributed by atoms with E-state index in [4.69, 9.17) is 14.2 Å². The number of fused-ring (bicyclic) bond motifs is 3. The first kappa shape index (κ1) is 37.7. The largest absolute Gasteiger partial charge is 0.733 e. The number of aromatic nitrogens is 1. The van der Waals surface area contributed by atoms with Gasteiger partial charge < -0.3 is 44.1 Å². The molecule has 4 aliphatic heterocycles. The van der Waals surface area contributed by atoms with Crippen molar-refractivity contribution in [3.05, 3.63) is 129 Å². The minimum absolute atomic E-state index is 0.0434. The minimum Gasteiger partial charge on any atom is -0.733 e. The summed E-state index contributed by atoms with van der Waals surface area (Å²) >= 11 is 0. The molecule has 4 aromatic carbocycles. The number of carbonyl (C=O) groups is 2. The van der Waals surface area contributed by atoms with Crippen molar-refractivity contribution >= 4 is 23.2 Å². The van der Waals surface area contributed by atoms with E-state index in [-0.39, 0.29) is 47.9 Å². The fraction of sp³-hybridized carbons (Fsp3) is 0.333. The number of phenols is 1. The molecule has 2 N–H and O–H groups in total. The number of carbonyl (C=O) groups excluding carboxylic acids is 2. The summed E-state index contributed by atoms with van der Waals surface area (Å²) in [6, 6.07) is 25.3. The normalized spacial score (nSPS) is 17.4. The average molecular weight is 785 g/mol. The van der Waals surface area contributed by atoms with E-state index in [1.54, 1.807) is 36.1 Å². The Morgan fingerprint density at radius 1 is 0.879 bits per heavy atom. The van der Waals surface area contributed by atoms with Gasteiger partial charge >= 0.3 is 0 Å². The van der Waals surface area contributed by atoms with E-state index in [0.29, 0.717) is 77.7 Å². The maximum Gasteiger partial charge on any atom is 0.260 e. The van der Waals surface area contributed by atoms with Gasteiger partial charge in [0, 0.05) is 61.4 Å². The smallest absolute Gasteiger partial charge is 0.260 e. The third-order valence-electron chi connectivity index (χ3n) is 12.1. The molecule has 1 aromatic heterocycles. The minimum atomic E-state index is -0.276. The lowest BCUT2D eigenvalue weighted by molar-refractivity contribution is 0.0193. The second-order valence-corrected chi connectivity index (χ2v) is 15.5. The van der Waals surface area contributed by atoms with Crippen molar-refractivity contribution in [2.45, 2.75) is 58.3 Å². The number of amides is 2. The number of phenolic OH excluding ortho intramolecular Hbond substituents is 1. The summed E-state index contributed by atoms with van der Waals surface area (Å²) in [5.74, 6) is 0.716. The summed E-state index contributed by atoms with van der Waals surface area (Å²) in [7, 11) is 0. The maximum absolute atomic E-state index is 15.2. The molecule has 9 rings (SSSR count). The van der Waals surface area contributed by atoms with Crippen LogP contribution in [0.1, 0.15) is 61.5 Å². The van der Waals surface area contributed by atoms with Gasteiger partial charge in [-0.1, -0.05) is 36.4 Å². The molecule has 0 unspecified atom stereocenters. The fourth-order valence-corrected chi connectivity index (χ4v) is 8.92. The lowest BCUT2D eigenvalue weighted by Crippen LogP contribution is -2.52. The molecule has 300 valence electrons. The molecule has 13 nitrogen and oxygen atoms in total. The average Bonchev–Trinajstić information content (AvgIpc) is 3.87. The first-order chi connectivity index (χ1) is 28.2. The zero-order valence-corrected chi connectivity index (χ0v) is 32.4. The first-order valence-corrected chi connectivity index (χ1v) is 19.9. The number of anilines is 2. The summed E-state index contributed by atoms with van der Waals surface area (Å²) in [5, 5.41) is 31.8. The number of nitrogens with zero attached hydrogens (tertiary/aromatic N) is 5. The van der Waals surface area contributed by atoms with Crippen LogP contribution in [-0.4, -0.2) is 82.2 Å². The lowest BCUT2D eigenvalue weighted by Gasteiger charge is -2.40. The zero-order valence-electron chi connectivity index (χ0n) is 32.4. The van der Waals surface area contributed by atoms with Crippen molar-refractivity contribution < 1.29 is 34.1 Å². The molecule has 4 aliphatic rings. The zero-order chi connectivity index (χ0) is 39.9. The molecule has 5 aromatic rings. The number of rotatable bonds is 9. The van der Waals surface area contributed by atoms with Gasteiger partial charge in [0.2, 0.25) is 6.79 Å². The number of benzene rings is 4. The number of aromatic hydroxyl groups is 1. The Hall–Kier alpha value is -5.86. The number of morpholine rings is 1. The molecule has 0 spiro atoms. The molecule has 5 heterocycles. The van der Waals surface area contributed by atoms with Gasteiger partial charge in [-0.3, -0.25) is 19.7 Å². The maximum atomic E-state index is 15.2. The van der Waals surface area contributed by atoms with E-state index in [1.807, 2.05) is 29.2 Å². The molecule has 1 saturated heterocycles. The van der Waals surface area contributed by atoms with Crippen LogP contribution in [0.25, 0.3) is 11.3 Å². The van der Waals surface area contributed by atoms with Crippen LogP contribution in [0.2, 0.25) is 0 Å². The Balaban J connectivity index is 1.14. The molecule has 2 amide bonds. The highest BCUT2D eigenvalue weighted by molar-refractivity contribution is 6.09. The summed E-state index contributed by atoms with van der Waals surface area (Å²) in [6.45, 7) is 6.68. The van der Waals surface area contributed by atoms with Crippen LogP contribution in [-0.2, 0) is 37.2 Å². The van der Waals surface area contributed by atoms with Gasteiger partial charge in [-0.05, 0) is 103 Å².